The van der Waals surface area contributed by atoms with E-state index in [1.807, 2.05) is 0 Å². The van der Waals surface area contributed by atoms with Gasteiger partial charge in [0.25, 0.3) is 0 Å². The summed E-state index contributed by atoms with van der Waals surface area (Å²) < 4.78 is 23.2. The number of halogens is 1. The zero-order valence-corrected chi connectivity index (χ0v) is 9.77. The standard InChI is InChI=1S/C13H12FNO3/c1-17-13(16)9-4-5-11(14)12(7-9)15-8-10-3-2-6-18-10/h2-7,15H,8H2,1H3. The molecule has 0 atom stereocenters. The second kappa shape index (κ2) is 5.35. The highest BCUT2D eigenvalue weighted by Gasteiger charge is 2.09. The van der Waals surface area contributed by atoms with Gasteiger partial charge in [0, 0.05) is 0 Å². The van der Waals surface area contributed by atoms with Gasteiger partial charge in [-0.1, -0.05) is 0 Å². The Morgan fingerprint density at radius 2 is 2.28 bits per heavy atom. The predicted octanol–water partition coefficient (Wildman–Crippen LogP) is 2.82. The lowest BCUT2D eigenvalue weighted by atomic mass is 10.2. The lowest BCUT2D eigenvalue weighted by molar-refractivity contribution is 0.0600. The molecule has 0 aliphatic heterocycles. The van der Waals surface area contributed by atoms with Crippen molar-refractivity contribution >= 4 is 11.7 Å². The Morgan fingerprint density at radius 3 is 2.94 bits per heavy atom. The third-order valence-electron chi connectivity index (χ3n) is 2.42. The molecule has 0 amide bonds. The molecule has 1 aromatic carbocycles. The smallest absolute Gasteiger partial charge is 0.337 e. The van der Waals surface area contributed by atoms with Crippen LogP contribution in [0.5, 0.6) is 0 Å². The monoisotopic (exact) mass is 249 g/mol. The van der Waals surface area contributed by atoms with Crippen molar-refractivity contribution in [2.24, 2.45) is 0 Å². The number of carbonyl (C=O) groups is 1. The number of rotatable bonds is 4. The van der Waals surface area contributed by atoms with E-state index in [-0.39, 0.29) is 5.69 Å². The van der Waals surface area contributed by atoms with E-state index in [1.165, 1.54) is 31.6 Å². The Hall–Kier alpha value is -2.30. The quantitative estimate of drug-likeness (QED) is 0.846. The third-order valence-corrected chi connectivity index (χ3v) is 2.42. The van der Waals surface area contributed by atoms with Gasteiger partial charge in [0.15, 0.2) is 0 Å². The van der Waals surface area contributed by atoms with Gasteiger partial charge in [0.1, 0.15) is 11.6 Å². The minimum atomic E-state index is -0.504. The molecule has 0 aliphatic rings. The highest BCUT2D eigenvalue weighted by atomic mass is 19.1. The van der Waals surface area contributed by atoms with Crippen LogP contribution in [0.1, 0.15) is 16.1 Å². The first-order valence-electron chi connectivity index (χ1n) is 5.35. The molecule has 0 radical (unpaired) electrons. The molecule has 4 nitrogen and oxygen atoms in total. The maximum Gasteiger partial charge on any atom is 0.337 e. The summed E-state index contributed by atoms with van der Waals surface area (Å²) in [7, 11) is 1.28. The Labute approximate surface area is 103 Å². The molecular weight excluding hydrogens is 237 g/mol. The number of carbonyl (C=O) groups excluding carboxylic acids is 1. The second-order valence-corrected chi connectivity index (χ2v) is 3.62. The zero-order chi connectivity index (χ0) is 13.0. The van der Waals surface area contributed by atoms with Crippen LogP contribution in [0.3, 0.4) is 0 Å². The number of furan rings is 1. The number of anilines is 1. The van der Waals surface area contributed by atoms with Gasteiger partial charge >= 0.3 is 5.97 Å². The topological polar surface area (TPSA) is 51.5 Å². The Kier molecular flexibility index (Phi) is 3.62. The largest absolute Gasteiger partial charge is 0.467 e. The van der Waals surface area contributed by atoms with Gasteiger partial charge in [0.2, 0.25) is 0 Å². The first kappa shape index (κ1) is 12.2. The van der Waals surface area contributed by atoms with E-state index in [0.29, 0.717) is 17.9 Å². The van der Waals surface area contributed by atoms with Crippen LogP contribution in [0.25, 0.3) is 0 Å². The second-order valence-electron chi connectivity index (χ2n) is 3.62. The third kappa shape index (κ3) is 2.68. The van der Waals surface area contributed by atoms with E-state index in [0.717, 1.165) is 0 Å². The molecule has 0 spiro atoms. The molecule has 0 saturated heterocycles. The summed E-state index contributed by atoms with van der Waals surface area (Å²) in [6, 6.07) is 7.52. The van der Waals surface area contributed by atoms with Gasteiger partial charge in [-0.25, -0.2) is 9.18 Å². The van der Waals surface area contributed by atoms with Crippen molar-refractivity contribution in [1.29, 1.82) is 0 Å². The molecule has 5 heteroatoms. The van der Waals surface area contributed by atoms with Crippen molar-refractivity contribution in [2.45, 2.75) is 6.54 Å². The van der Waals surface area contributed by atoms with E-state index in [2.05, 4.69) is 10.1 Å². The van der Waals surface area contributed by atoms with Gasteiger partial charge in [-0.15, -0.1) is 0 Å². The Bertz CT molecular complexity index is 537. The lowest BCUT2D eigenvalue weighted by Gasteiger charge is -2.07. The van der Waals surface area contributed by atoms with Crippen molar-refractivity contribution in [3.8, 4) is 0 Å². The van der Waals surface area contributed by atoms with Crippen molar-refractivity contribution in [3.05, 3.63) is 53.7 Å². The molecule has 0 aliphatic carbocycles. The average Bonchev–Trinajstić information content (AvgIpc) is 2.90. The Morgan fingerprint density at radius 1 is 1.44 bits per heavy atom. The summed E-state index contributed by atoms with van der Waals surface area (Å²) in [5.41, 5.74) is 0.523. The summed E-state index contributed by atoms with van der Waals surface area (Å²) in [5, 5.41) is 2.86. The minimum absolute atomic E-state index is 0.231. The van der Waals surface area contributed by atoms with Crippen molar-refractivity contribution in [1.82, 2.24) is 0 Å². The van der Waals surface area contributed by atoms with E-state index in [4.69, 9.17) is 4.42 Å². The van der Waals surface area contributed by atoms with Crippen molar-refractivity contribution in [3.63, 3.8) is 0 Å². The molecule has 2 rings (SSSR count). The number of benzene rings is 1. The van der Waals surface area contributed by atoms with E-state index in [1.54, 1.807) is 12.1 Å². The fraction of sp³-hybridized carbons (Fsp3) is 0.154. The molecule has 18 heavy (non-hydrogen) atoms. The first-order chi connectivity index (χ1) is 8.70. The van der Waals surface area contributed by atoms with E-state index < -0.39 is 11.8 Å². The number of hydrogen-bond acceptors (Lipinski definition) is 4. The van der Waals surface area contributed by atoms with Crippen LogP contribution in [0.15, 0.2) is 41.0 Å². The lowest BCUT2D eigenvalue weighted by Crippen LogP contribution is -2.05. The predicted molar refractivity (Wildman–Crippen MR) is 63.8 cm³/mol. The minimum Gasteiger partial charge on any atom is -0.467 e. The number of esters is 1. The maximum absolute atomic E-state index is 13.5. The Balaban J connectivity index is 2.13. The van der Waals surface area contributed by atoms with Gasteiger partial charge in [-0.05, 0) is 30.3 Å². The molecule has 1 heterocycles. The molecule has 94 valence electrons. The number of methoxy groups -OCH3 is 1. The van der Waals surface area contributed by atoms with E-state index in [9.17, 15) is 9.18 Å². The molecule has 0 fully saturated rings. The van der Waals surface area contributed by atoms with Crippen molar-refractivity contribution in [2.75, 3.05) is 12.4 Å². The summed E-state index contributed by atoms with van der Waals surface area (Å²) >= 11 is 0. The van der Waals surface area contributed by atoms with Crippen LogP contribution in [0, 0.1) is 5.82 Å². The number of nitrogens with one attached hydrogen (secondary N) is 1. The molecule has 0 bridgehead atoms. The molecule has 0 saturated carbocycles. The average molecular weight is 249 g/mol. The molecule has 2 aromatic rings. The first-order valence-corrected chi connectivity index (χ1v) is 5.35. The highest BCUT2D eigenvalue weighted by Crippen LogP contribution is 2.18. The van der Waals surface area contributed by atoms with Crippen LogP contribution in [-0.2, 0) is 11.3 Å². The highest BCUT2D eigenvalue weighted by molar-refractivity contribution is 5.90. The fourth-order valence-corrected chi connectivity index (χ4v) is 1.50. The summed E-state index contributed by atoms with van der Waals surface area (Å²) in [5.74, 6) is -0.261. The maximum atomic E-state index is 13.5. The van der Waals surface area contributed by atoms with Crippen LogP contribution in [0.4, 0.5) is 10.1 Å². The molecule has 1 N–H and O–H groups in total. The molecule has 1 aromatic heterocycles. The van der Waals surface area contributed by atoms with Crippen molar-refractivity contribution < 1.29 is 18.3 Å². The normalized spacial score (nSPS) is 10.1. The zero-order valence-electron chi connectivity index (χ0n) is 9.77. The summed E-state index contributed by atoms with van der Waals surface area (Å²) in [4.78, 5) is 11.3. The molecule has 0 unspecified atom stereocenters. The van der Waals surface area contributed by atoms with Crippen LogP contribution >= 0.6 is 0 Å². The number of ether oxygens (including phenoxy) is 1. The summed E-state index contributed by atoms with van der Waals surface area (Å²) in [6.07, 6.45) is 1.54. The van der Waals surface area contributed by atoms with Gasteiger partial charge in [-0.2, -0.15) is 0 Å². The molecular formula is C13H12FNO3. The van der Waals surface area contributed by atoms with E-state index >= 15 is 0 Å². The van der Waals surface area contributed by atoms with Crippen LogP contribution in [-0.4, -0.2) is 13.1 Å². The number of hydrogen-bond donors (Lipinski definition) is 1. The van der Waals surface area contributed by atoms with Gasteiger partial charge in [0.05, 0.1) is 31.2 Å². The van der Waals surface area contributed by atoms with Crippen LogP contribution in [0.2, 0.25) is 0 Å². The summed E-state index contributed by atoms with van der Waals surface area (Å²) in [6.45, 7) is 0.342. The fourth-order valence-electron chi connectivity index (χ4n) is 1.50. The van der Waals surface area contributed by atoms with Gasteiger partial charge < -0.3 is 14.5 Å². The van der Waals surface area contributed by atoms with Crippen LogP contribution < -0.4 is 5.32 Å². The SMILES string of the molecule is COC(=O)c1ccc(F)c(NCc2ccco2)c1. The van der Waals surface area contributed by atoms with Gasteiger partial charge in [-0.3, -0.25) is 0 Å².